The number of ether oxygens (including phenoxy) is 3. The van der Waals surface area contributed by atoms with Crippen LogP contribution in [0.25, 0.3) is 0 Å². The number of methoxy groups -OCH3 is 1. The number of para-hydroxylation sites is 1. The molecule has 0 heterocycles. The number of halogens is 1. The predicted molar refractivity (Wildman–Crippen MR) is 104 cm³/mol. The van der Waals surface area contributed by atoms with Gasteiger partial charge in [-0.3, -0.25) is 20.4 Å². The summed E-state index contributed by atoms with van der Waals surface area (Å²) in [7, 11) is 1.56. The average molecular weight is 437 g/mol. The molecule has 7 nitrogen and oxygen atoms in total. The summed E-state index contributed by atoms with van der Waals surface area (Å²) in [5.41, 5.74) is 5.88. The predicted octanol–water partition coefficient (Wildman–Crippen LogP) is 2.62. The van der Waals surface area contributed by atoms with Crippen LogP contribution < -0.4 is 20.3 Å². The molecule has 144 valence electrons. The largest absolute Gasteiger partial charge is 0.490 e. The number of nitrogens with one attached hydrogen (secondary N) is 2. The first-order valence-corrected chi connectivity index (χ1v) is 8.99. The van der Waals surface area contributed by atoms with Crippen LogP contribution in [0.5, 0.6) is 11.5 Å². The van der Waals surface area contributed by atoms with Gasteiger partial charge in [-0.05, 0) is 36.8 Å². The summed E-state index contributed by atoms with van der Waals surface area (Å²) in [6.45, 7) is 2.35. The third-order valence-corrected chi connectivity index (χ3v) is 3.99. The molecule has 0 aliphatic rings. The number of benzene rings is 2. The van der Waals surface area contributed by atoms with Crippen molar-refractivity contribution >= 4 is 27.7 Å². The lowest BCUT2D eigenvalue weighted by molar-refractivity contribution is -0.123. The van der Waals surface area contributed by atoms with Crippen LogP contribution in [0.2, 0.25) is 0 Å². The maximum atomic E-state index is 12.4. The lowest BCUT2D eigenvalue weighted by Gasteiger charge is -2.13. The van der Waals surface area contributed by atoms with E-state index in [1.54, 1.807) is 31.4 Å². The number of hydrazine groups is 1. The zero-order valence-electron chi connectivity index (χ0n) is 15.1. The summed E-state index contributed by atoms with van der Waals surface area (Å²) < 4.78 is 16.6. The van der Waals surface area contributed by atoms with Crippen LogP contribution in [0.1, 0.15) is 15.9 Å². The molecule has 2 N–H and O–H groups in total. The second kappa shape index (κ2) is 10.5. The lowest BCUT2D eigenvalue weighted by atomic mass is 10.2. The van der Waals surface area contributed by atoms with E-state index in [9.17, 15) is 9.59 Å². The Morgan fingerprint density at radius 2 is 1.78 bits per heavy atom. The maximum absolute atomic E-state index is 12.4. The van der Waals surface area contributed by atoms with E-state index in [-0.39, 0.29) is 12.2 Å². The molecule has 2 rings (SSSR count). The smallest absolute Gasteiger partial charge is 0.276 e. The molecule has 0 aromatic heterocycles. The lowest BCUT2D eigenvalue weighted by Crippen LogP contribution is -2.44. The molecule has 0 spiro atoms. The first kappa shape index (κ1) is 20.7. The average Bonchev–Trinajstić information content (AvgIpc) is 2.66. The van der Waals surface area contributed by atoms with Crippen LogP contribution in [0.15, 0.2) is 46.9 Å². The summed E-state index contributed by atoms with van der Waals surface area (Å²) >= 11 is 3.32. The van der Waals surface area contributed by atoms with Gasteiger partial charge < -0.3 is 14.2 Å². The maximum Gasteiger partial charge on any atom is 0.276 e. The van der Waals surface area contributed by atoms with E-state index in [1.165, 1.54) is 0 Å². The normalized spacial score (nSPS) is 10.2. The van der Waals surface area contributed by atoms with Crippen LogP contribution in [0.4, 0.5) is 0 Å². The van der Waals surface area contributed by atoms with Gasteiger partial charge in [-0.25, -0.2) is 0 Å². The minimum absolute atomic E-state index is 0.221. The molecule has 0 bridgehead atoms. The first-order valence-electron chi connectivity index (χ1n) is 8.20. The van der Waals surface area contributed by atoms with Gasteiger partial charge >= 0.3 is 0 Å². The second-order valence-electron chi connectivity index (χ2n) is 5.54. The third-order valence-electron chi connectivity index (χ3n) is 3.50. The zero-order chi connectivity index (χ0) is 19.6. The van der Waals surface area contributed by atoms with Gasteiger partial charge in [0.2, 0.25) is 0 Å². The highest BCUT2D eigenvalue weighted by Gasteiger charge is 2.14. The van der Waals surface area contributed by atoms with Gasteiger partial charge in [-0.2, -0.15) is 0 Å². The van der Waals surface area contributed by atoms with Crippen LogP contribution in [-0.4, -0.2) is 38.7 Å². The first-order chi connectivity index (χ1) is 13.0. The number of amides is 2. The molecule has 27 heavy (non-hydrogen) atoms. The Hall–Kier alpha value is -2.58. The van der Waals surface area contributed by atoms with Crippen molar-refractivity contribution < 1.29 is 23.8 Å². The molecule has 0 aliphatic heterocycles. The molecular weight excluding hydrogens is 416 g/mol. The highest BCUT2D eigenvalue weighted by atomic mass is 79.9. The number of rotatable bonds is 8. The fourth-order valence-electron chi connectivity index (χ4n) is 2.13. The van der Waals surface area contributed by atoms with Crippen molar-refractivity contribution in [3.63, 3.8) is 0 Å². The number of carbonyl (C=O) groups is 2. The SMILES string of the molecule is COCCOc1ccc(Br)cc1C(=O)NNC(=O)COc1ccccc1C. The van der Waals surface area contributed by atoms with E-state index in [0.29, 0.717) is 29.2 Å². The fourth-order valence-corrected chi connectivity index (χ4v) is 2.49. The quantitative estimate of drug-likeness (QED) is 0.490. The molecule has 0 radical (unpaired) electrons. The van der Waals surface area contributed by atoms with Gasteiger partial charge in [-0.15, -0.1) is 0 Å². The molecular formula is C19H21BrN2O5. The Labute approximate surface area is 166 Å². The van der Waals surface area contributed by atoms with Gasteiger partial charge in [0.1, 0.15) is 18.1 Å². The third kappa shape index (κ3) is 6.58. The van der Waals surface area contributed by atoms with Crippen LogP contribution in [-0.2, 0) is 9.53 Å². The molecule has 8 heteroatoms. The van der Waals surface area contributed by atoms with Gasteiger partial charge in [0.25, 0.3) is 11.8 Å². The Balaban J connectivity index is 1.90. The van der Waals surface area contributed by atoms with E-state index < -0.39 is 11.8 Å². The molecule has 0 unspecified atom stereocenters. The fraction of sp³-hybridized carbons (Fsp3) is 0.263. The topological polar surface area (TPSA) is 85.9 Å². The van der Waals surface area contributed by atoms with Crippen molar-refractivity contribution in [1.82, 2.24) is 10.9 Å². The highest BCUT2D eigenvalue weighted by Crippen LogP contribution is 2.23. The summed E-state index contributed by atoms with van der Waals surface area (Å²) in [5, 5.41) is 0. The van der Waals surface area contributed by atoms with Gasteiger partial charge in [0, 0.05) is 11.6 Å². The Bertz CT molecular complexity index is 797. The monoisotopic (exact) mass is 436 g/mol. The van der Waals surface area contributed by atoms with E-state index in [2.05, 4.69) is 26.8 Å². The minimum atomic E-state index is -0.507. The van der Waals surface area contributed by atoms with Crippen LogP contribution in [0, 0.1) is 6.92 Å². The van der Waals surface area contributed by atoms with Crippen molar-refractivity contribution in [2.75, 3.05) is 26.9 Å². The van der Waals surface area contributed by atoms with Crippen LogP contribution in [0.3, 0.4) is 0 Å². The molecule has 2 aromatic carbocycles. The standard InChI is InChI=1S/C19H21BrN2O5/c1-13-5-3-4-6-16(13)27-12-18(23)21-22-19(24)15-11-14(20)7-8-17(15)26-10-9-25-2/h3-8,11H,9-10,12H2,1-2H3,(H,21,23)(H,22,24). The summed E-state index contributed by atoms with van der Waals surface area (Å²) in [6.07, 6.45) is 0. The van der Waals surface area contributed by atoms with Gasteiger partial charge in [0.15, 0.2) is 6.61 Å². The molecule has 0 saturated heterocycles. The van der Waals surface area contributed by atoms with E-state index in [1.807, 2.05) is 25.1 Å². The van der Waals surface area contributed by atoms with E-state index in [0.717, 1.165) is 5.56 Å². The Kier molecular flexibility index (Phi) is 8.09. The molecule has 0 aliphatic carbocycles. The number of hydrogen-bond donors (Lipinski definition) is 2. The number of hydrogen-bond acceptors (Lipinski definition) is 5. The Morgan fingerprint density at radius 1 is 1.00 bits per heavy atom. The van der Waals surface area contributed by atoms with Crippen molar-refractivity contribution in [3.8, 4) is 11.5 Å². The second-order valence-corrected chi connectivity index (χ2v) is 6.45. The van der Waals surface area contributed by atoms with E-state index >= 15 is 0 Å². The molecule has 2 aromatic rings. The number of aryl methyl sites for hydroxylation is 1. The molecule has 2 amide bonds. The van der Waals surface area contributed by atoms with Gasteiger partial charge in [0.05, 0.1) is 12.2 Å². The minimum Gasteiger partial charge on any atom is -0.490 e. The van der Waals surface area contributed by atoms with Crippen molar-refractivity contribution in [2.45, 2.75) is 6.92 Å². The highest BCUT2D eigenvalue weighted by molar-refractivity contribution is 9.10. The van der Waals surface area contributed by atoms with Crippen molar-refractivity contribution in [1.29, 1.82) is 0 Å². The van der Waals surface area contributed by atoms with Gasteiger partial charge in [-0.1, -0.05) is 34.1 Å². The van der Waals surface area contributed by atoms with Crippen molar-refractivity contribution in [2.24, 2.45) is 0 Å². The molecule has 0 saturated carbocycles. The summed E-state index contributed by atoms with van der Waals surface area (Å²) in [6, 6.07) is 12.4. The molecule has 0 atom stereocenters. The van der Waals surface area contributed by atoms with E-state index in [4.69, 9.17) is 14.2 Å². The summed E-state index contributed by atoms with van der Waals surface area (Å²) in [4.78, 5) is 24.3. The van der Waals surface area contributed by atoms with Crippen LogP contribution >= 0.6 is 15.9 Å². The molecule has 0 fully saturated rings. The Morgan fingerprint density at radius 3 is 2.52 bits per heavy atom. The summed E-state index contributed by atoms with van der Waals surface area (Å²) in [5.74, 6) is 0.00867. The van der Waals surface area contributed by atoms with Crippen molar-refractivity contribution in [3.05, 3.63) is 58.1 Å². The zero-order valence-corrected chi connectivity index (χ0v) is 16.7. The number of carbonyl (C=O) groups excluding carboxylic acids is 2.